The Morgan fingerprint density at radius 1 is 1.75 bits per heavy atom. The number of hydrogen-bond donors (Lipinski definition) is 2. The number of oxime groups is 1. The second-order valence-electron chi connectivity index (χ2n) is 2.90. The van der Waals surface area contributed by atoms with Gasteiger partial charge in [-0.1, -0.05) is 5.16 Å². The van der Waals surface area contributed by atoms with Crippen LogP contribution in [-0.4, -0.2) is 42.4 Å². The quantitative estimate of drug-likeness (QED) is 0.249. The Balaban J connectivity index is 2.45. The maximum absolute atomic E-state index is 8.43. The van der Waals surface area contributed by atoms with Gasteiger partial charge < -0.3 is 20.6 Å². The second-order valence-corrected chi connectivity index (χ2v) is 2.90. The van der Waals surface area contributed by atoms with E-state index in [1.807, 2.05) is 4.90 Å². The maximum Gasteiger partial charge on any atom is 0.233 e. The van der Waals surface area contributed by atoms with Gasteiger partial charge in [-0.3, -0.25) is 0 Å². The van der Waals surface area contributed by atoms with E-state index in [0.29, 0.717) is 6.54 Å². The van der Waals surface area contributed by atoms with Gasteiger partial charge in [0.25, 0.3) is 0 Å². The Bertz CT molecular complexity index is 172. The standard InChI is InChI=1S/C7H15N3O2/c1-12-6-3-2-4-10(5-6)7(8)9-11/h6,11H,2-5H2,1H3,(H2,8,9). The lowest BCUT2D eigenvalue weighted by molar-refractivity contribution is 0.0523. The van der Waals surface area contributed by atoms with Crippen molar-refractivity contribution in [3.05, 3.63) is 0 Å². The molecule has 5 nitrogen and oxygen atoms in total. The molecule has 0 spiro atoms. The molecular formula is C7H15N3O2. The van der Waals surface area contributed by atoms with E-state index in [4.69, 9.17) is 15.7 Å². The van der Waals surface area contributed by atoms with E-state index in [2.05, 4.69) is 5.16 Å². The van der Waals surface area contributed by atoms with Gasteiger partial charge in [-0.2, -0.15) is 0 Å². The van der Waals surface area contributed by atoms with Crippen LogP contribution < -0.4 is 5.73 Å². The zero-order valence-electron chi connectivity index (χ0n) is 7.23. The third-order valence-corrected chi connectivity index (χ3v) is 2.14. The first-order valence-corrected chi connectivity index (χ1v) is 4.03. The van der Waals surface area contributed by atoms with Crippen molar-refractivity contribution in [2.45, 2.75) is 18.9 Å². The molecule has 0 saturated carbocycles. The minimum atomic E-state index is 0.178. The second kappa shape index (κ2) is 4.15. The minimum absolute atomic E-state index is 0.178. The van der Waals surface area contributed by atoms with Crippen molar-refractivity contribution in [3.63, 3.8) is 0 Å². The van der Waals surface area contributed by atoms with Crippen LogP contribution in [0.5, 0.6) is 0 Å². The molecular weight excluding hydrogens is 158 g/mol. The van der Waals surface area contributed by atoms with Crippen LogP contribution in [0.2, 0.25) is 0 Å². The number of likely N-dealkylation sites (tertiary alicyclic amines) is 1. The summed E-state index contributed by atoms with van der Waals surface area (Å²) in [6.07, 6.45) is 2.28. The first-order valence-electron chi connectivity index (χ1n) is 4.03. The van der Waals surface area contributed by atoms with Crippen molar-refractivity contribution >= 4 is 5.96 Å². The van der Waals surface area contributed by atoms with Gasteiger partial charge in [0.15, 0.2) is 0 Å². The van der Waals surface area contributed by atoms with Crippen molar-refractivity contribution in [3.8, 4) is 0 Å². The van der Waals surface area contributed by atoms with Crippen molar-refractivity contribution < 1.29 is 9.94 Å². The van der Waals surface area contributed by atoms with Crippen LogP contribution in [0.15, 0.2) is 5.16 Å². The highest BCUT2D eigenvalue weighted by Gasteiger charge is 2.20. The SMILES string of the molecule is COC1CCCN(C(N)=NO)C1. The molecule has 1 aliphatic heterocycles. The molecule has 0 aromatic carbocycles. The van der Waals surface area contributed by atoms with Gasteiger partial charge in [0, 0.05) is 20.2 Å². The van der Waals surface area contributed by atoms with Gasteiger partial charge in [0.1, 0.15) is 0 Å². The smallest absolute Gasteiger partial charge is 0.233 e. The molecule has 0 aliphatic carbocycles. The minimum Gasteiger partial charge on any atom is -0.408 e. The van der Waals surface area contributed by atoms with E-state index in [9.17, 15) is 0 Å². The summed E-state index contributed by atoms with van der Waals surface area (Å²) < 4.78 is 5.18. The number of piperidine rings is 1. The zero-order valence-corrected chi connectivity index (χ0v) is 7.23. The number of nitrogens with two attached hydrogens (primary N) is 1. The summed E-state index contributed by atoms with van der Waals surface area (Å²) in [7, 11) is 1.68. The first-order chi connectivity index (χ1) is 5.77. The molecule has 1 fully saturated rings. The molecule has 0 aromatic rings. The van der Waals surface area contributed by atoms with Crippen LogP contribution in [0, 0.1) is 0 Å². The summed E-state index contributed by atoms with van der Waals surface area (Å²) in [5.41, 5.74) is 5.43. The maximum atomic E-state index is 8.43. The number of guanidine groups is 1. The third kappa shape index (κ3) is 2.01. The fourth-order valence-electron chi connectivity index (χ4n) is 1.40. The molecule has 1 aliphatic rings. The summed E-state index contributed by atoms with van der Waals surface area (Å²) in [5, 5.41) is 11.4. The lowest BCUT2D eigenvalue weighted by Crippen LogP contribution is -2.46. The van der Waals surface area contributed by atoms with E-state index in [-0.39, 0.29) is 12.1 Å². The van der Waals surface area contributed by atoms with Gasteiger partial charge in [-0.25, -0.2) is 0 Å². The van der Waals surface area contributed by atoms with Crippen molar-refractivity contribution in [2.24, 2.45) is 10.9 Å². The Labute approximate surface area is 71.8 Å². The summed E-state index contributed by atoms with van der Waals surface area (Å²) in [4.78, 5) is 1.82. The van der Waals surface area contributed by atoms with Gasteiger partial charge >= 0.3 is 0 Å². The molecule has 70 valence electrons. The summed E-state index contributed by atoms with van der Waals surface area (Å²) in [5.74, 6) is 0.178. The molecule has 12 heavy (non-hydrogen) atoms. The highest BCUT2D eigenvalue weighted by Crippen LogP contribution is 2.11. The summed E-state index contributed by atoms with van der Waals surface area (Å²) in [6, 6.07) is 0. The van der Waals surface area contributed by atoms with E-state index in [0.717, 1.165) is 19.4 Å². The molecule has 0 amide bonds. The molecule has 3 N–H and O–H groups in total. The molecule has 1 atom stereocenters. The predicted molar refractivity (Wildman–Crippen MR) is 45.0 cm³/mol. The van der Waals surface area contributed by atoms with Crippen molar-refractivity contribution in [2.75, 3.05) is 20.2 Å². The van der Waals surface area contributed by atoms with Gasteiger partial charge in [-0.15, -0.1) is 0 Å². The van der Waals surface area contributed by atoms with Crippen molar-refractivity contribution in [1.82, 2.24) is 4.90 Å². The van der Waals surface area contributed by atoms with E-state index in [1.54, 1.807) is 7.11 Å². The number of hydrogen-bond acceptors (Lipinski definition) is 3. The number of methoxy groups -OCH3 is 1. The Kier molecular flexibility index (Phi) is 3.16. The van der Waals surface area contributed by atoms with Crippen LogP contribution in [0.4, 0.5) is 0 Å². The monoisotopic (exact) mass is 173 g/mol. The molecule has 0 radical (unpaired) electrons. The number of rotatable bonds is 1. The molecule has 1 unspecified atom stereocenters. The highest BCUT2D eigenvalue weighted by molar-refractivity contribution is 5.77. The van der Waals surface area contributed by atoms with Crippen LogP contribution in [0.25, 0.3) is 0 Å². The molecule has 1 saturated heterocycles. The third-order valence-electron chi connectivity index (χ3n) is 2.14. The summed E-state index contributed by atoms with van der Waals surface area (Å²) in [6.45, 7) is 1.56. The van der Waals surface area contributed by atoms with Crippen LogP contribution >= 0.6 is 0 Å². The zero-order chi connectivity index (χ0) is 8.97. The Morgan fingerprint density at radius 3 is 3.08 bits per heavy atom. The van der Waals surface area contributed by atoms with Crippen LogP contribution in [0.1, 0.15) is 12.8 Å². The molecule has 1 rings (SSSR count). The lowest BCUT2D eigenvalue weighted by atomic mass is 10.1. The van der Waals surface area contributed by atoms with E-state index >= 15 is 0 Å². The first kappa shape index (κ1) is 9.12. The Morgan fingerprint density at radius 2 is 2.50 bits per heavy atom. The average Bonchev–Trinajstić information content (AvgIpc) is 2.17. The number of nitrogens with zero attached hydrogens (tertiary/aromatic N) is 2. The van der Waals surface area contributed by atoms with Crippen LogP contribution in [-0.2, 0) is 4.74 Å². The fourth-order valence-corrected chi connectivity index (χ4v) is 1.40. The predicted octanol–water partition coefficient (Wildman–Crippen LogP) is -0.199. The van der Waals surface area contributed by atoms with Crippen LogP contribution in [0.3, 0.4) is 0 Å². The number of ether oxygens (including phenoxy) is 1. The van der Waals surface area contributed by atoms with E-state index < -0.39 is 0 Å². The largest absolute Gasteiger partial charge is 0.408 e. The molecule has 5 heteroatoms. The normalized spacial score (nSPS) is 25.9. The summed E-state index contributed by atoms with van der Waals surface area (Å²) >= 11 is 0. The molecule has 1 heterocycles. The fraction of sp³-hybridized carbons (Fsp3) is 0.857. The highest BCUT2D eigenvalue weighted by atomic mass is 16.5. The van der Waals surface area contributed by atoms with Gasteiger partial charge in [-0.05, 0) is 12.8 Å². The molecule has 0 aromatic heterocycles. The molecule has 0 bridgehead atoms. The van der Waals surface area contributed by atoms with Gasteiger partial charge in [0.05, 0.1) is 6.10 Å². The average molecular weight is 173 g/mol. The Hall–Kier alpha value is -0.970. The van der Waals surface area contributed by atoms with Crippen molar-refractivity contribution in [1.29, 1.82) is 0 Å². The lowest BCUT2D eigenvalue weighted by Gasteiger charge is -2.31. The van der Waals surface area contributed by atoms with E-state index in [1.165, 1.54) is 0 Å². The topological polar surface area (TPSA) is 71.1 Å². The van der Waals surface area contributed by atoms with Gasteiger partial charge in [0.2, 0.25) is 5.96 Å².